The van der Waals surface area contributed by atoms with E-state index in [1.54, 1.807) is 17.1 Å². The normalized spacial score (nSPS) is 11.1. The highest BCUT2D eigenvalue weighted by atomic mass is 15.4. The summed E-state index contributed by atoms with van der Waals surface area (Å²) in [6.07, 6.45) is 5.22. The van der Waals surface area contributed by atoms with Crippen LogP contribution >= 0.6 is 0 Å². The molecule has 0 bridgehead atoms. The minimum absolute atomic E-state index is 0.608. The molecule has 34 heavy (non-hydrogen) atoms. The summed E-state index contributed by atoms with van der Waals surface area (Å²) in [6, 6.07) is 28.6. The lowest BCUT2D eigenvalue weighted by Crippen LogP contribution is -2.02. The minimum Gasteiger partial charge on any atom is -0.253 e. The van der Waals surface area contributed by atoms with Crippen molar-refractivity contribution in [2.75, 3.05) is 0 Å². The van der Waals surface area contributed by atoms with Crippen LogP contribution in [0.4, 0.5) is 0 Å². The zero-order valence-corrected chi connectivity index (χ0v) is 18.5. The van der Waals surface area contributed by atoms with E-state index in [2.05, 4.69) is 51.4 Å². The lowest BCUT2D eigenvalue weighted by atomic mass is 10.0. The Morgan fingerprint density at radius 3 is 2.09 bits per heavy atom. The van der Waals surface area contributed by atoms with Gasteiger partial charge in [-0.25, -0.2) is 9.97 Å². The molecule has 0 N–H and O–H groups in total. The van der Waals surface area contributed by atoms with Crippen LogP contribution in [0.5, 0.6) is 0 Å². The second-order valence-electron chi connectivity index (χ2n) is 8.07. The van der Waals surface area contributed by atoms with Crippen LogP contribution in [0, 0.1) is 6.92 Å². The maximum absolute atomic E-state index is 4.92. The van der Waals surface area contributed by atoms with Gasteiger partial charge in [0.15, 0.2) is 17.5 Å². The van der Waals surface area contributed by atoms with Crippen molar-refractivity contribution in [2.45, 2.75) is 6.92 Å². The Labute approximate surface area is 196 Å². The fraction of sp³-hybridized carbons (Fsp3) is 0.0357. The summed E-state index contributed by atoms with van der Waals surface area (Å²) in [4.78, 5) is 18.3. The Bertz CT molecular complexity index is 1590. The zero-order chi connectivity index (χ0) is 22.9. The van der Waals surface area contributed by atoms with Gasteiger partial charge < -0.3 is 0 Å². The van der Waals surface area contributed by atoms with E-state index in [1.807, 2.05) is 61.7 Å². The summed E-state index contributed by atoms with van der Waals surface area (Å²) in [7, 11) is 0. The molecule has 0 atom stereocenters. The number of rotatable bonds is 4. The zero-order valence-electron chi connectivity index (χ0n) is 18.5. The van der Waals surface area contributed by atoms with E-state index in [0.717, 1.165) is 39.1 Å². The smallest absolute Gasteiger partial charge is 0.182 e. The van der Waals surface area contributed by atoms with Gasteiger partial charge in [-0.3, -0.25) is 9.97 Å². The number of fused-ring (bicyclic) bond motifs is 1. The van der Waals surface area contributed by atoms with Crippen molar-refractivity contribution in [3.05, 3.63) is 109 Å². The molecule has 3 aromatic carbocycles. The molecule has 0 aliphatic carbocycles. The predicted molar refractivity (Wildman–Crippen MR) is 133 cm³/mol. The number of benzene rings is 3. The van der Waals surface area contributed by atoms with Crippen molar-refractivity contribution in [1.29, 1.82) is 0 Å². The highest BCUT2D eigenvalue weighted by Gasteiger charge is 2.16. The van der Waals surface area contributed by atoms with Crippen LogP contribution in [-0.4, -0.2) is 29.7 Å². The first-order valence-corrected chi connectivity index (χ1v) is 11.0. The van der Waals surface area contributed by atoms with Crippen molar-refractivity contribution in [3.63, 3.8) is 0 Å². The Morgan fingerprint density at radius 2 is 1.32 bits per heavy atom. The molecular weight excluding hydrogens is 420 g/mol. The fourth-order valence-electron chi connectivity index (χ4n) is 3.91. The molecule has 0 aliphatic heterocycles. The van der Waals surface area contributed by atoms with Gasteiger partial charge in [-0.05, 0) is 47.9 Å². The second-order valence-corrected chi connectivity index (χ2v) is 8.07. The standard InChI is InChI=1S/C28H20N6/c1-19-7-14-26(31-18-19)34-28(22-10-8-21(9-11-22)20-5-3-2-4-6-20)32-27(33-34)23-12-13-24-25(17-23)30-16-15-29-24/h2-18H,1H3. The molecule has 6 rings (SSSR count). The third kappa shape index (κ3) is 3.71. The van der Waals surface area contributed by atoms with Crippen molar-refractivity contribution < 1.29 is 0 Å². The molecule has 0 spiro atoms. The Hall–Kier alpha value is -4.71. The average Bonchev–Trinajstić information content (AvgIpc) is 3.35. The third-order valence-electron chi connectivity index (χ3n) is 5.70. The summed E-state index contributed by atoms with van der Waals surface area (Å²) < 4.78 is 1.80. The Morgan fingerprint density at radius 1 is 0.618 bits per heavy atom. The van der Waals surface area contributed by atoms with Crippen LogP contribution in [0.25, 0.3) is 50.8 Å². The molecular formula is C28H20N6. The van der Waals surface area contributed by atoms with Gasteiger partial charge in [0, 0.05) is 29.7 Å². The summed E-state index contributed by atoms with van der Waals surface area (Å²) in [5.74, 6) is 2.05. The van der Waals surface area contributed by atoms with Crippen LogP contribution in [0.2, 0.25) is 0 Å². The molecule has 0 amide bonds. The molecule has 0 fully saturated rings. The van der Waals surface area contributed by atoms with Crippen molar-refractivity contribution in [3.8, 4) is 39.7 Å². The van der Waals surface area contributed by atoms with Crippen LogP contribution in [0.1, 0.15) is 5.56 Å². The van der Waals surface area contributed by atoms with E-state index in [1.165, 1.54) is 5.56 Å². The van der Waals surface area contributed by atoms with Gasteiger partial charge in [0.25, 0.3) is 0 Å². The van der Waals surface area contributed by atoms with Gasteiger partial charge in [0.1, 0.15) is 0 Å². The van der Waals surface area contributed by atoms with Crippen molar-refractivity contribution in [2.24, 2.45) is 0 Å². The van der Waals surface area contributed by atoms with Crippen molar-refractivity contribution >= 4 is 11.0 Å². The fourth-order valence-corrected chi connectivity index (χ4v) is 3.91. The summed E-state index contributed by atoms with van der Waals surface area (Å²) >= 11 is 0. The number of nitrogens with zero attached hydrogens (tertiary/aromatic N) is 6. The van der Waals surface area contributed by atoms with Crippen LogP contribution in [0.3, 0.4) is 0 Å². The first kappa shape index (κ1) is 19.9. The Balaban J connectivity index is 1.47. The van der Waals surface area contributed by atoms with Crippen molar-refractivity contribution in [1.82, 2.24) is 29.7 Å². The predicted octanol–water partition coefficient (Wildman–Crippen LogP) is 5.91. The molecule has 3 aromatic heterocycles. The maximum Gasteiger partial charge on any atom is 0.182 e. The number of hydrogen-bond acceptors (Lipinski definition) is 5. The molecule has 6 heteroatoms. The number of aryl methyl sites for hydroxylation is 1. The van der Waals surface area contributed by atoms with Crippen LogP contribution in [-0.2, 0) is 0 Å². The van der Waals surface area contributed by atoms with Crippen LogP contribution < -0.4 is 0 Å². The van der Waals surface area contributed by atoms with Gasteiger partial charge in [-0.15, -0.1) is 5.10 Å². The van der Waals surface area contributed by atoms with Gasteiger partial charge in [0.2, 0.25) is 0 Å². The van der Waals surface area contributed by atoms with Gasteiger partial charge >= 0.3 is 0 Å². The summed E-state index contributed by atoms with van der Waals surface area (Å²) in [5, 5.41) is 4.84. The number of aromatic nitrogens is 6. The third-order valence-corrected chi connectivity index (χ3v) is 5.70. The molecule has 0 radical (unpaired) electrons. The molecule has 0 aliphatic rings. The minimum atomic E-state index is 0.608. The highest BCUT2D eigenvalue weighted by Crippen LogP contribution is 2.28. The van der Waals surface area contributed by atoms with Gasteiger partial charge in [-0.1, -0.05) is 60.7 Å². The summed E-state index contributed by atoms with van der Waals surface area (Å²) in [6.45, 7) is 2.02. The van der Waals surface area contributed by atoms with Gasteiger partial charge in [-0.2, -0.15) is 4.68 Å². The lowest BCUT2D eigenvalue weighted by Gasteiger charge is -2.07. The lowest BCUT2D eigenvalue weighted by molar-refractivity contribution is 0.854. The van der Waals surface area contributed by atoms with Crippen LogP contribution in [0.15, 0.2) is 104 Å². The van der Waals surface area contributed by atoms with E-state index >= 15 is 0 Å². The van der Waals surface area contributed by atoms with E-state index in [4.69, 9.17) is 10.1 Å². The average molecular weight is 441 g/mol. The monoisotopic (exact) mass is 440 g/mol. The SMILES string of the molecule is Cc1ccc(-n2nc(-c3ccc4nccnc4c3)nc2-c2ccc(-c3ccccc3)cc2)nc1. The van der Waals surface area contributed by atoms with E-state index < -0.39 is 0 Å². The maximum atomic E-state index is 4.92. The quantitative estimate of drug-likeness (QED) is 0.341. The number of hydrogen-bond donors (Lipinski definition) is 0. The molecule has 0 saturated carbocycles. The van der Waals surface area contributed by atoms with E-state index in [9.17, 15) is 0 Å². The van der Waals surface area contributed by atoms with E-state index in [-0.39, 0.29) is 0 Å². The molecule has 162 valence electrons. The Kier molecular flexibility index (Phi) is 4.88. The number of pyridine rings is 1. The van der Waals surface area contributed by atoms with Gasteiger partial charge in [0.05, 0.1) is 11.0 Å². The highest BCUT2D eigenvalue weighted by molar-refractivity contribution is 5.80. The second kappa shape index (κ2) is 8.33. The summed E-state index contributed by atoms with van der Waals surface area (Å²) in [5.41, 5.74) is 6.89. The molecule has 6 aromatic rings. The molecule has 3 heterocycles. The first-order valence-electron chi connectivity index (χ1n) is 11.0. The first-order chi connectivity index (χ1) is 16.7. The molecule has 0 saturated heterocycles. The molecule has 6 nitrogen and oxygen atoms in total. The topological polar surface area (TPSA) is 69.4 Å². The van der Waals surface area contributed by atoms with E-state index in [0.29, 0.717) is 11.6 Å². The largest absolute Gasteiger partial charge is 0.253 e. The molecule has 0 unspecified atom stereocenters.